The molecule has 8 nitrogen and oxygen atoms in total. The SMILES string of the molecule is COCCN1C(=O)C(=O)/C(=C(/O)c2cc(OC)c(Cl)cc2OC)C1c1ccc(OCc2ccc(F)cc2)cc1. The number of methoxy groups -OCH3 is 3. The van der Waals surface area contributed by atoms with Gasteiger partial charge in [0.1, 0.15) is 35.4 Å². The molecular formula is C29H27ClFNO7. The normalized spacial score (nSPS) is 16.4. The average Bonchev–Trinajstić information content (AvgIpc) is 3.20. The minimum Gasteiger partial charge on any atom is -0.507 e. The molecule has 0 spiro atoms. The van der Waals surface area contributed by atoms with Crippen LogP contribution < -0.4 is 14.2 Å². The third-order valence-electron chi connectivity index (χ3n) is 6.32. The number of hydrogen-bond donors (Lipinski definition) is 1. The second-order valence-corrected chi connectivity index (χ2v) is 9.06. The first-order valence-corrected chi connectivity index (χ1v) is 12.3. The lowest BCUT2D eigenvalue weighted by molar-refractivity contribution is -0.140. The number of carbonyl (C=O) groups excluding carboxylic acids is 2. The van der Waals surface area contributed by atoms with Gasteiger partial charge in [-0.15, -0.1) is 0 Å². The summed E-state index contributed by atoms with van der Waals surface area (Å²) in [6.45, 7) is 0.525. The maximum absolute atomic E-state index is 13.2. The molecule has 204 valence electrons. The van der Waals surface area contributed by atoms with E-state index in [0.717, 1.165) is 5.56 Å². The van der Waals surface area contributed by atoms with Crippen molar-refractivity contribution in [2.45, 2.75) is 12.6 Å². The molecule has 0 aromatic heterocycles. The molecule has 0 aliphatic carbocycles. The molecule has 0 saturated carbocycles. The van der Waals surface area contributed by atoms with Crippen molar-refractivity contribution < 1.29 is 38.0 Å². The fourth-order valence-corrected chi connectivity index (χ4v) is 4.56. The number of rotatable bonds is 10. The molecule has 4 rings (SSSR count). The van der Waals surface area contributed by atoms with Gasteiger partial charge in [-0.1, -0.05) is 35.9 Å². The van der Waals surface area contributed by atoms with E-state index >= 15 is 0 Å². The predicted molar refractivity (Wildman–Crippen MR) is 143 cm³/mol. The number of nitrogens with zero attached hydrogens (tertiary/aromatic N) is 1. The molecule has 1 heterocycles. The molecule has 39 heavy (non-hydrogen) atoms. The number of aliphatic hydroxyl groups excluding tert-OH is 1. The van der Waals surface area contributed by atoms with Gasteiger partial charge in [0.25, 0.3) is 11.7 Å². The summed E-state index contributed by atoms with van der Waals surface area (Å²) in [5, 5.41) is 11.7. The lowest BCUT2D eigenvalue weighted by Crippen LogP contribution is -2.32. The molecule has 1 fully saturated rings. The van der Waals surface area contributed by atoms with Crippen LogP contribution in [-0.2, 0) is 20.9 Å². The number of Topliss-reactive ketones (excluding diaryl/α,β-unsaturated/α-hetero) is 1. The predicted octanol–water partition coefficient (Wildman–Crippen LogP) is 5.14. The summed E-state index contributed by atoms with van der Waals surface area (Å²) < 4.78 is 34.8. The third kappa shape index (κ3) is 5.84. The van der Waals surface area contributed by atoms with Crippen molar-refractivity contribution in [2.24, 2.45) is 0 Å². The van der Waals surface area contributed by atoms with E-state index in [1.54, 1.807) is 36.4 Å². The molecule has 1 saturated heterocycles. The van der Waals surface area contributed by atoms with E-state index in [2.05, 4.69) is 0 Å². The standard InChI is InChI=1S/C29H27ClFNO7/c1-36-13-12-32-26(18-6-10-20(11-7-18)39-16-17-4-8-19(31)9-5-17)25(28(34)29(32)35)27(33)21-14-24(38-3)22(30)15-23(21)37-2/h4-11,14-15,26,33H,12-13,16H2,1-3H3/b27-25+. The largest absolute Gasteiger partial charge is 0.507 e. The van der Waals surface area contributed by atoms with E-state index in [1.807, 2.05) is 0 Å². The number of ether oxygens (including phenoxy) is 4. The monoisotopic (exact) mass is 555 g/mol. The van der Waals surface area contributed by atoms with E-state index in [4.69, 9.17) is 30.5 Å². The van der Waals surface area contributed by atoms with E-state index < -0.39 is 23.5 Å². The zero-order chi connectivity index (χ0) is 28.1. The highest BCUT2D eigenvalue weighted by Gasteiger charge is 2.46. The summed E-state index contributed by atoms with van der Waals surface area (Å²) >= 11 is 6.21. The Bertz CT molecular complexity index is 1390. The Balaban J connectivity index is 1.73. The van der Waals surface area contributed by atoms with Gasteiger partial charge in [0.05, 0.1) is 43.0 Å². The van der Waals surface area contributed by atoms with Gasteiger partial charge < -0.3 is 29.0 Å². The maximum atomic E-state index is 13.2. The van der Waals surface area contributed by atoms with Crippen LogP contribution >= 0.6 is 11.6 Å². The third-order valence-corrected chi connectivity index (χ3v) is 6.62. The van der Waals surface area contributed by atoms with Crippen LogP contribution in [0.15, 0.2) is 66.2 Å². The molecular weight excluding hydrogens is 529 g/mol. The van der Waals surface area contributed by atoms with Gasteiger partial charge in [0.2, 0.25) is 0 Å². The highest BCUT2D eigenvalue weighted by molar-refractivity contribution is 6.46. The van der Waals surface area contributed by atoms with Gasteiger partial charge in [-0.3, -0.25) is 9.59 Å². The van der Waals surface area contributed by atoms with E-state index in [9.17, 15) is 19.1 Å². The summed E-state index contributed by atoms with van der Waals surface area (Å²) in [4.78, 5) is 27.7. The van der Waals surface area contributed by atoms with Gasteiger partial charge >= 0.3 is 0 Å². The molecule has 0 radical (unpaired) electrons. The minimum atomic E-state index is -0.905. The highest BCUT2D eigenvalue weighted by Crippen LogP contribution is 2.43. The number of amides is 1. The Kier molecular flexibility index (Phi) is 8.73. The van der Waals surface area contributed by atoms with Gasteiger partial charge in [-0.25, -0.2) is 4.39 Å². The Morgan fingerprint density at radius 1 is 0.974 bits per heavy atom. The van der Waals surface area contributed by atoms with Crippen LogP contribution in [0, 0.1) is 5.82 Å². The molecule has 3 aromatic carbocycles. The van der Waals surface area contributed by atoms with Crippen LogP contribution in [-0.4, -0.2) is 56.2 Å². The van der Waals surface area contributed by atoms with Gasteiger partial charge in [0, 0.05) is 19.7 Å². The van der Waals surface area contributed by atoms with Gasteiger partial charge in [-0.05, 0) is 41.5 Å². The summed E-state index contributed by atoms with van der Waals surface area (Å²) in [6.07, 6.45) is 0. The summed E-state index contributed by atoms with van der Waals surface area (Å²) in [5.41, 5.74) is 1.40. The van der Waals surface area contributed by atoms with Crippen molar-refractivity contribution >= 4 is 29.1 Å². The van der Waals surface area contributed by atoms with Crippen molar-refractivity contribution in [3.8, 4) is 17.2 Å². The fourth-order valence-electron chi connectivity index (χ4n) is 4.33. The quantitative estimate of drug-likeness (QED) is 0.210. The molecule has 1 aliphatic heterocycles. The Morgan fingerprint density at radius 2 is 1.64 bits per heavy atom. The molecule has 1 atom stereocenters. The zero-order valence-corrected chi connectivity index (χ0v) is 22.3. The topological polar surface area (TPSA) is 94.5 Å². The van der Waals surface area contributed by atoms with Crippen LogP contribution in [0.5, 0.6) is 17.2 Å². The smallest absolute Gasteiger partial charge is 0.295 e. The number of hydrogen-bond acceptors (Lipinski definition) is 7. The lowest BCUT2D eigenvalue weighted by Gasteiger charge is -2.25. The Labute approximate surface area is 230 Å². The Morgan fingerprint density at radius 3 is 2.26 bits per heavy atom. The number of ketones is 1. The van der Waals surface area contributed by atoms with Crippen LogP contribution in [0.4, 0.5) is 4.39 Å². The molecule has 1 amide bonds. The number of benzene rings is 3. The van der Waals surface area contributed by atoms with Crippen LogP contribution in [0.3, 0.4) is 0 Å². The molecule has 0 bridgehead atoms. The van der Waals surface area contributed by atoms with Crippen LogP contribution in [0.1, 0.15) is 22.7 Å². The summed E-state index contributed by atoms with van der Waals surface area (Å²) in [6, 6.07) is 14.8. The Hall–Kier alpha value is -4.08. The molecule has 1 unspecified atom stereocenters. The summed E-state index contributed by atoms with van der Waals surface area (Å²) in [5.74, 6) is -1.39. The zero-order valence-electron chi connectivity index (χ0n) is 21.6. The molecule has 3 aromatic rings. The number of halogens is 2. The molecule has 10 heteroatoms. The first-order chi connectivity index (χ1) is 18.8. The maximum Gasteiger partial charge on any atom is 0.295 e. The second-order valence-electron chi connectivity index (χ2n) is 8.66. The van der Waals surface area contributed by atoms with Crippen molar-refractivity contribution in [3.63, 3.8) is 0 Å². The first-order valence-electron chi connectivity index (χ1n) is 12.0. The van der Waals surface area contributed by atoms with Crippen molar-refractivity contribution in [2.75, 3.05) is 34.5 Å². The van der Waals surface area contributed by atoms with Crippen molar-refractivity contribution in [1.82, 2.24) is 4.90 Å². The summed E-state index contributed by atoms with van der Waals surface area (Å²) in [7, 11) is 4.30. The van der Waals surface area contributed by atoms with Gasteiger partial charge in [0.15, 0.2) is 0 Å². The minimum absolute atomic E-state index is 0.112. The van der Waals surface area contributed by atoms with E-state index in [1.165, 1.54) is 50.5 Å². The highest BCUT2D eigenvalue weighted by atomic mass is 35.5. The van der Waals surface area contributed by atoms with E-state index in [-0.39, 0.29) is 53.2 Å². The number of carbonyl (C=O) groups is 2. The van der Waals surface area contributed by atoms with Crippen LogP contribution in [0.25, 0.3) is 5.76 Å². The van der Waals surface area contributed by atoms with E-state index in [0.29, 0.717) is 11.3 Å². The lowest BCUT2D eigenvalue weighted by atomic mass is 9.95. The molecule has 1 aliphatic rings. The number of aliphatic hydroxyl groups is 1. The van der Waals surface area contributed by atoms with Crippen molar-refractivity contribution in [3.05, 3.63) is 93.8 Å². The van der Waals surface area contributed by atoms with Crippen molar-refractivity contribution in [1.29, 1.82) is 0 Å². The van der Waals surface area contributed by atoms with Gasteiger partial charge in [-0.2, -0.15) is 0 Å². The number of likely N-dealkylation sites (tertiary alicyclic amines) is 1. The first kappa shape index (κ1) is 27.9. The van der Waals surface area contributed by atoms with Crippen LogP contribution in [0.2, 0.25) is 5.02 Å². The second kappa shape index (κ2) is 12.2. The average molecular weight is 556 g/mol. The molecule has 1 N–H and O–H groups in total. The fraction of sp³-hybridized carbons (Fsp3) is 0.241.